The van der Waals surface area contributed by atoms with Crippen LogP contribution in [-0.2, 0) is 11.3 Å². The van der Waals surface area contributed by atoms with Crippen molar-refractivity contribution in [3.63, 3.8) is 0 Å². The van der Waals surface area contributed by atoms with Crippen LogP contribution in [0.2, 0.25) is 0 Å². The standard InChI is InChI=1S/C19H31N5O2.HI/c1-6-10-22-17(20-5)23-12-8-13-24(18(25)26-19(2,3)4)15-16-9-7-11-21-14-16;/h6-7,9,11,14H,1,8,10,12-13,15H2,2-5H3,(H2,20,22,23);1H. The first-order valence-electron chi connectivity index (χ1n) is 8.78. The summed E-state index contributed by atoms with van der Waals surface area (Å²) in [5, 5.41) is 6.32. The van der Waals surface area contributed by atoms with Crippen LogP contribution in [0.1, 0.15) is 32.8 Å². The maximum atomic E-state index is 12.5. The minimum atomic E-state index is -0.529. The van der Waals surface area contributed by atoms with Crippen molar-refractivity contribution in [3.05, 3.63) is 42.7 Å². The SMILES string of the molecule is C=CCNC(=NC)NCCCN(Cc1cccnc1)C(=O)OC(C)(C)C.I. The van der Waals surface area contributed by atoms with Crippen molar-refractivity contribution in [1.29, 1.82) is 0 Å². The van der Waals surface area contributed by atoms with Crippen LogP contribution in [0.25, 0.3) is 0 Å². The molecule has 1 aromatic rings. The lowest BCUT2D eigenvalue weighted by Gasteiger charge is -2.27. The molecule has 0 aliphatic heterocycles. The van der Waals surface area contributed by atoms with Crippen LogP contribution in [0.5, 0.6) is 0 Å². The Balaban J connectivity index is 0.00000676. The van der Waals surface area contributed by atoms with Crippen LogP contribution < -0.4 is 10.6 Å². The van der Waals surface area contributed by atoms with Gasteiger partial charge in [-0.3, -0.25) is 9.98 Å². The highest BCUT2D eigenvalue weighted by Crippen LogP contribution is 2.12. The predicted octanol–water partition coefficient (Wildman–Crippen LogP) is 3.18. The molecule has 2 N–H and O–H groups in total. The molecule has 7 nitrogen and oxygen atoms in total. The normalized spacial score (nSPS) is 11.2. The van der Waals surface area contributed by atoms with E-state index < -0.39 is 5.60 Å². The number of rotatable bonds is 8. The van der Waals surface area contributed by atoms with Gasteiger partial charge in [-0.05, 0) is 38.8 Å². The largest absolute Gasteiger partial charge is 0.444 e. The number of carbonyl (C=O) groups excluding carboxylic acids is 1. The smallest absolute Gasteiger partial charge is 0.410 e. The van der Waals surface area contributed by atoms with Gasteiger partial charge in [-0.1, -0.05) is 12.1 Å². The average molecular weight is 489 g/mol. The van der Waals surface area contributed by atoms with Crippen molar-refractivity contribution in [2.24, 2.45) is 4.99 Å². The predicted molar refractivity (Wildman–Crippen MR) is 120 cm³/mol. The number of ether oxygens (including phenoxy) is 1. The number of pyridine rings is 1. The highest BCUT2D eigenvalue weighted by Gasteiger charge is 2.22. The zero-order valence-corrected chi connectivity index (χ0v) is 19.0. The lowest BCUT2D eigenvalue weighted by Crippen LogP contribution is -2.40. The van der Waals surface area contributed by atoms with E-state index in [1.165, 1.54) is 0 Å². The Morgan fingerprint density at radius 3 is 2.70 bits per heavy atom. The highest BCUT2D eigenvalue weighted by atomic mass is 127. The van der Waals surface area contributed by atoms with E-state index in [-0.39, 0.29) is 30.1 Å². The molecule has 1 aromatic heterocycles. The number of carbonyl (C=O) groups is 1. The fourth-order valence-electron chi connectivity index (χ4n) is 2.14. The minimum Gasteiger partial charge on any atom is -0.444 e. The molecule has 0 saturated heterocycles. The van der Waals surface area contributed by atoms with Crippen LogP contribution in [0, 0.1) is 0 Å². The van der Waals surface area contributed by atoms with E-state index in [1.54, 1.807) is 30.4 Å². The topological polar surface area (TPSA) is 78.9 Å². The number of amides is 1. The molecular formula is C19H32IN5O2. The van der Waals surface area contributed by atoms with Crippen molar-refractivity contribution in [1.82, 2.24) is 20.5 Å². The van der Waals surface area contributed by atoms with Crippen molar-refractivity contribution in [2.45, 2.75) is 39.3 Å². The third kappa shape index (κ3) is 11.5. The Morgan fingerprint density at radius 2 is 2.15 bits per heavy atom. The summed E-state index contributed by atoms with van der Waals surface area (Å²) in [5.74, 6) is 0.709. The maximum Gasteiger partial charge on any atom is 0.410 e. The Morgan fingerprint density at radius 1 is 1.41 bits per heavy atom. The first-order chi connectivity index (χ1) is 12.4. The van der Waals surface area contributed by atoms with E-state index >= 15 is 0 Å². The average Bonchev–Trinajstić information content (AvgIpc) is 2.59. The summed E-state index contributed by atoms with van der Waals surface area (Å²) >= 11 is 0. The van der Waals surface area contributed by atoms with Crippen molar-refractivity contribution in [3.8, 4) is 0 Å². The monoisotopic (exact) mass is 489 g/mol. The summed E-state index contributed by atoms with van der Waals surface area (Å²) in [6.45, 7) is 11.6. The van der Waals surface area contributed by atoms with Gasteiger partial charge in [-0.15, -0.1) is 30.6 Å². The molecule has 0 saturated carbocycles. The molecule has 1 amide bonds. The molecular weight excluding hydrogens is 457 g/mol. The van der Waals surface area contributed by atoms with Gasteiger partial charge in [0.1, 0.15) is 5.60 Å². The summed E-state index contributed by atoms with van der Waals surface area (Å²) < 4.78 is 5.52. The van der Waals surface area contributed by atoms with Gasteiger partial charge in [0, 0.05) is 39.1 Å². The van der Waals surface area contributed by atoms with E-state index in [9.17, 15) is 4.79 Å². The number of nitrogens with one attached hydrogen (secondary N) is 2. The molecule has 8 heteroatoms. The number of aromatic nitrogens is 1. The van der Waals surface area contributed by atoms with E-state index in [0.29, 0.717) is 32.1 Å². The molecule has 0 atom stereocenters. The fraction of sp³-hybridized carbons (Fsp3) is 0.526. The second-order valence-corrected chi connectivity index (χ2v) is 6.79. The molecule has 0 radical (unpaired) electrons. The Bertz CT molecular complexity index is 588. The summed E-state index contributed by atoms with van der Waals surface area (Å²) in [6.07, 6.45) is 5.68. The van der Waals surface area contributed by atoms with Gasteiger partial charge in [-0.2, -0.15) is 0 Å². The van der Waals surface area contributed by atoms with Gasteiger partial charge in [0.05, 0.1) is 6.54 Å². The van der Waals surface area contributed by atoms with Crippen LogP contribution in [0.15, 0.2) is 42.2 Å². The maximum absolute atomic E-state index is 12.5. The number of hydrogen-bond donors (Lipinski definition) is 2. The fourth-order valence-corrected chi connectivity index (χ4v) is 2.14. The van der Waals surface area contributed by atoms with Gasteiger partial charge in [0.15, 0.2) is 5.96 Å². The number of hydrogen-bond acceptors (Lipinski definition) is 4. The molecule has 1 heterocycles. The van der Waals surface area contributed by atoms with Crippen molar-refractivity contribution in [2.75, 3.05) is 26.7 Å². The highest BCUT2D eigenvalue weighted by molar-refractivity contribution is 14.0. The first kappa shape index (κ1) is 25.2. The molecule has 0 spiro atoms. The van der Waals surface area contributed by atoms with Gasteiger partial charge in [-0.25, -0.2) is 4.79 Å². The molecule has 152 valence electrons. The van der Waals surface area contributed by atoms with E-state index in [2.05, 4.69) is 27.2 Å². The summed E-state index contributed by atoms with van der Waals surface area (Å²) in [7, 11) is 1.72. The number of nitrogens with zero attached hydrogens (tertiary/aromatic N) is 3. The zero-order valence-electron chi connectivity index (χ0n) is 16.7. The first-order valence-corrected chi connectivity index (χ1v) is 8.78. The van der Waals surface area contributed by atoms with E-state index in [4.69, 9.17) is 4.74 Å². The molecule has 27 heavy (non-hydrogen) atoms. The third-order valence-electron chi connectivity index (χ3n) is 3.28. The molecule has 1 rings (SSSR count). The van der Waals surface area contributed by atoms with Crippen LogP contribution >= 0.6 is 24.0 Å². The summed E-state index contributed by atoms with van der Waals surface area (Å²) in [6, 6.07) is 3.81. The number of guanidine groups is 1. The number of aliphatic imine (C=N–C) groups is 1. The van der Waals surface area contributed by atoms with E-state index in [1.807, 2.05) is 32.9 Å². The van der Waals surface area contributed by atoms with Gasteiger partial charge < -0.3 is 20.3 Å². The minimum absolute atomic E-state index is 0. The van der Waals surface area contributed by atoms with Crippen molar-refractivity contribution < 1.29 is 9.53 Å². The van der Waals surface area contributed by atoms with E-state index in [0.717, 1.165) is 12.0 Å². The second kappa shape index (κ2) is 13.3. The lowest BCUT2D eigenvalue weighted by atomic mass is 10.2. The molecule has 0 fully saturated rings. The van der Waals surface area contributed by atoms with Crippen LogP contribution in [-0.4, -0.2) is 54.2 Å². The third-order valence-corrected chi connectivity index (χ3v) is 3.28. The Labute approximate surface area is 179 Å². The zero-order chi connectivity index (χ0) is 19.4. The van der Waals surface area contributed by atoms with Gasteiger partial charge >= 0.3 is 6.09 Å². The van der Waals surface area contributed by atoms with Gasteiger partial charge in [0.2, 0.25) is 0 Å². The summed E-state index contributed by atoms with van der Waals surface area (Å²) in [4.78, 5) is 22.4. The number of halogens is 1. The second-order valence-electron chi connectivity index (χ2n) is 6.79. The molecule has 0 aromatic carbocycles. The van der Waals surface area contributed by atoms with Crippen LogP contribution in [0.3, 0.4) is 0 Å². The molecule has 0 bridgehead atoms. The Kier molecular flexibility index (Phi) is 12.4. The lowest BCUT2D eigenvalue weighted by molar-refractivity contribution is 0.0232. The molecule has 0 aliphatic rings. The Hall–Kier alpha value is -1.84. The molecule has 0 unspecified atom stereocenters. The van der Waals surface area contributed by atoms with Crippen LogP contribution in [0.4, 0.5) is 4.79 Å². The van der Waals surface area contributed by atoms with Gasteiger partial charge in [0.25, 0.3) is 0 Å². The van der Waals surface area contributed by atoms with Crippen molar-refractivity contribution >= 4 is 36.0 Å². The summed E-state index contributed by atoms with van der Waals surface area (Å²) in [5.41, 5.74) is 0.439. The molecule has 0 aliphatic carbocycles. The quantitative estimate of drug-likeness (QED) is 0.193.